The van der Waals surface area contributed by atoms with Crippen molar-refractivity contribution in [3.63, 3.8) is 0 Å². The SMILES string of the molecule is CCCCOC(=O)c1ccccc1NC(=O)NCCc1ccc(OC)c(Br)c1. The van der Waals surface area contributed by atoms with Gasteiger partial charge in [0.15, 0.2) is 0 Å². The normalized spacial score (nSPS) is 10.2. The molecule has 0 spiro atoms. The maximum Gasteiger partial charge on any atom is 0.340 e. The molecule has 0 aliphatic heterocycles. The van der Waals surface area contributed by atoms with E-state index in [1.54, 1.807) is 31.4 Å². The second-order valence-electron chi connectivity index (χ2n) is 6.13. The number of anilines is 1. The first-order valence-electron chi connectivity index (χ1n) is 9.18. The highest BCUT2D eigenvalue weighted by Crippen LogP contribution is 2.25. The molecule has 0 heterocycles. The van der Waals surface area contributed by atoms with Gasteiger partial charge in [-0.25, -0.2) is 9.59 Å². The first kappa shape index (κ1) is 21.8. The summed E-state index contributed by atoms with van der Waals surface area (Å²) in [5, 5.41) is 5.52. The van der Waals surface area contributed by atoms with Crippen molar-refractivity contribution in [2.75, 3.05) is 25.6 Å². The van der Waals surface area contributed by atoms with Crippen molar-refractivity contribution < 1.29 is 19.1 Å². The summed E-state index contributed by atoms with van der Waals surface area (Å²) in [4.78, 5) is 24.4. The van der Waals surface area contributed by atoms with Gasteiger partial charge in [-0.05, 0) is 58.6 Å². The molecule has 0 aromatic heterocycles. The standard InChI is InChI=1S/C21H25BrN2O4/c1-3-4-13-28-20(25)16-7-5-6-8-18(16)24-21(26)23-12-11-15-9-10-19(27-2)17(22)14-15/h5-10,14H,3-4,11-13H2,1-2H3,(H2,23,24,26). The van der Waals surface area contributed by atoms with Crippen LogP contribution >= 0.6 is 15.9 Å². The molecule has 0 unspecified atom stereocenters. The zero-order valence-electron chi connectivity index (χ0n) is 16.1. The third kappa shape index (κ3) is 6.56. The number of amides is 2. The number of ether oxygens (including phenoxy) is 2. The number of esters is 1. The lowest BCUT2D eigenvalue weighted by molar-refractivity contribution is 0.0501. The second-order valence-corrected chi connectivity index (χ2v) is 6.99. The van der Waals surface area contributed by atoms with E-state index in [0.717, 1.165) is 28.6 Å². The summed E-state index contributed by atoms with van der Waals surface area (Å²) in [5.41, 5.74) is 1.83. The summed E-state index contributed by atoms with van der Waals surface area (Å²) in [5.74, 6) is 0.323. The van der Waals surface area contributed by atoms with E-state index in [4.69, 9.17) is 9.47 Å². The highest BCUT2D eigenvalue weighted by atomic mass is 79.9. The highest BCUT2D eigenvalue weighted by molar-refractivity contribution is 9.10. The van der Waals surface area contributed by atoms with Crippen molar-refractivity contribution in [3.05, 3.63) is 58.1 Å². The quantitative estimate of drug-likeness (QED) is 0.427. The van der Waals surface area contributed by atoms with E-state index in [0.29, 0.717) is 30.8 Å². The third-order valence-electron chi connectivity index (χ3n) is 4.04. The fraction of sp³-hybridized carbons (Fsp3) is 0.333. The minimum absolute atomic E-state index is 0.341. The number of carbonyl (C=O) groups is 2. The predicted octanol–water partition coefficient (Wildman–Crippen LogP) is 4.78. The number of unbranched alkanes of at least 4 members (excludes halogenated alkanes) is 1. The molecule has 0 aliphatic carbocycles. The van der Waals surface area contributed by atoms with Gasteiger partial charge in [0.25, 0.3) is 0 Å². The molecular weight excluding hydrogens is 424 g/mol. The zero-order valence-corrected chi connectivity index (χ0v) is 17.7. The lowest BCUT2D eigenvalue weighted by Crippen LogP contribution is -2.31. The molecule has 28 heavy (non-hydrogen) atoms. The molecule has 2 amide bonds. The summed E-state index contributed by atoms with van der Waals surface area (Å²) < 4.78 is 11.3. The van der Waals surface area contributed by atoms with Crippen LogP contribution in [0.2, 0.25) is 0 Å². The average molecular weight is 449 g/mol. The number of methoxy groups -OCH3 is 1. The number of para-hydroxylation sites is 1. The first-order chi connectivity index (χ1) is 13.5. The Morgan fingerprint density at radius 2 is 1.93 bits per heavy atom. The van der Waals surface area contributed by atoms with Crippen LogP contribution in [0.3, 0.4) is 0 Å². The van der Waals surface area contributed by atoms with E-state index >= 15 is 0 Å². The van der Waals surface area contributed by atoms with Gasteiger partial charge in [-0.3, -0.25) is 0 Å². The van der Waals surface area contributed by atoms with Crippen molar-refractivity contribution in [2.24, 2.45) is 0 Å². The van der Waals surface area contributed by atoms with Gasteiger partial charge < -0.3 is 20.1 Å². The number of hydrogen-bond acceptors (Lipinski definition) is 4. The molecule has 2 rings (SSSR count). The fourth-order valence-electron chi connectivity index (χ4n) is 2.51. The van der Waals surface area contributed by atoms with Crippen LogP contribution in [0.25, 0.3) is 0 Å². The number of urea groups is 1. The van der Waals surface area contributed by atoms with E-state index < -0.39 is 5.97 Å². The largest absolute Gasteiger partial charge is 0.496 e. The molecule has 150 valence electrons. The Balaban J connectivity index is 1.87. The molecule has 0 radical (unpaired) electrons. The van der Waals surface area contributed by atoms with E-state index in [2.05, 4.69) is 26.6 Å². The van der Waals surface area contributed by atoms with Crippen molar-refractivity contribution in [1.29, 1.82) is 0 Å². The number of rotatable bonds is 9. The predicted molar refractivity (Wildman–Crippen MR) is 113 cm³/mol. The van der Waals surface area contributed by atoms with Crippen LogP contribution in [0.4, 0.5) is 10.5 Å². The Bertz CT molecular complexity index is 811. The lowest BCUT2D eigenvalue weighted by atomic mass is 10.1. The van der Waals surface area contributed by atoms with E-state index in [1.165, 1.54) is 0 Å². The fourth-order valence-corrected chi connectivity index (χ4v) is 3.10. The van der Waals surface area contributed by atoms with Gasteiger partial charge in [-0.2, -0.15) is 0 Å². The summed E-state index contributed by atoms with van der Waals surface area (Å²) in [6, 6.07) is 12.2. The van der Waals surface area contributed by atoms with Crippen molar-refractivity contribution in [3.8, 4) is 5.75 Å². The molecule has 7 heteroatoms. The number of benzene rings is 2. The van der Waals surface area contributed by atoms with Crippen LogP contribution < -0.4 is 15.4 Å². The summed E-state index contributed by atoms with van der Waals surface area (Å²) >= 11 is 3.45. The molecule has 2 N–H and O–H groups in total. The smallest absolute Gasteiger partial charge is 0.340 e. The van der Waals surface area contributed by atoms with Gasteiger partial charge in [0, 0.05) is 6.54 Å². The van der Waals surface area contributed by atoms with Crippen molar-refractivity contribution in [1.82, 2.24) is 5.32 Å². The average Bonchev–Trinajstić information content (AvgIpc) is 2.68. The van der Waals surface area contributed by atoms with Gasteiger partial charge in [0.05, 0.1) is 29.4 Å². The molecule has 2 aromatic carbocycles. The number of carbonyl (C=O) groups excluding carboxylic acids is 2. The molecule has 6 nitrogen and oxygen atoms in total. The third-order valence-corrected chi connectivity index (χ3v) is 4.66. The maximum atomic E-state index is 12.2. The van der Waals surface area contributed by atoms with Crippen molar-refractivity contribution in [2.45, 2.75) is 26.2 Å². The summed E-state index contributed by atoms with van der Waals surface area (Å²) in [6.45, 7) is 2.85. The van der Waals surface area contributed by atoms with E-state index in [9.17, 15) is 9.59 Å². The van der Waals surface area contributed by atoms with Crippen LogP contribution in [-0.4, -0.2) is 32.3 Å². The van der Waals surface area contributed by atoms with Gasteiger partial charge in [-0.15, -0.1) is 0 Å². The second kappa shape index (κ2) is 11.3. The molecule has 0 saturated heterocycles. The van der Waals surface area contributed by atoms with E-state index in [1.807, 2.05) is 25.1 Å². The van der Waals surface area contributed by atoms with Gasteiger partial charge in [0.2, 0.25) is 0 Å². The lowest BCUT2D eigenvalue weighted by Gasteiger charge is -2.12. The maximum absolute atomic E-state index is 12.2. The summed E-state index contributed by atoms with van der Waals surface area (Å²) in [7, 11) is 1.61. The highest BCUT2D eigenvalue weighted by Gasteiger charge is 2.14. The minimum atomic E-state index is -0.438. The van der Waals surface area contributed by atoms with Gasteiger partial charge >= 0.3 is 12.0 Å². The van der Waals surface area contributed by atoms with Crippen LogP contribution in [0.5, 0.6) is 5.75 Å². The molecule has 0 bridgehead atoms. The Hall–Kier alpha value is -2.54. The van der Waals surface area contributed by atoms with Crippen LogP contribution in [-0.2, 0) is 11.2 Å². The first-order valence-corrected chi connectivity index (χ1v) is 9.97. The molecule has 0 atom stereocenters. The van der Waals surface area contributed by atoms with Crippen molar-refractivity contribution >= 4 is 33.6 Å². The zero-order chi connectivity index (χ0) is 20.4. The van der Waals surface area contributed by atoms with Crippen LogP contribution in [0.15, 0.2) is 46.9 Å². The minimum Gasteiger partial charge on any atom is -0.496 e. The Morgan fingerprint density at radius 3 is 2.64 bits per heavy atom. The van der Waals surface area contributed by atoms with Gasteiger partial charge in [0.1, 0.15) is 5.75 Å². The number of nitrogens with one attached hydrogen (secondary N) is 2. The van der Waals surface area contributed by atoms with Gasteiger partial charge in [-0.1, -0.05) is 31.5 Å². The Morgan fingerprint density at radius 1 is 1.14 bits per heavy atom. The topological polar surface area (TPSA) is 76.7 Å². The number of hydrogen-bond donors (Lipinski definition) is 2. The summed E-state index contributed by atoms with van der Waals surface area (Å²) in [6.07, 6.45) is 2.42. The molecule has 2 aromatic rings. The molecule has 0 aliphatic rings. The molecule has 0 saturated carbocycles. The molecule has 0 fully saturated rings. The van der Waals surface area contributed by atoms with E-state index in [-0.39, 0.29) is 6.03 Å². The Kier molecular flexibility index (Phi) is 8.81. The van der Waals surface area contributed by atoms with Crippen LogP contribution in [0.1, 0.15) is 35.7 Å². The monoisotopic (exact) mass is 448 g/mol. The Labute approximate surface area is 173 Å². The molecular formula is C21H25BrN2O4. The van der Waals surface area contributed by atoms with Crippen LogP contribution in [0, 0.1) is 0 Å². The number of halogens is 1.